The fraction of sp³-hybridized carbons (Fsp3) is 0.300. The van der Waals surface area contributed by atoms with Gasteiger partial charge in [0.25, 0.3) is 11.6 Å². The zero-order valence-electron chi connectivity index (χ0n) is 15.8. The van der Waals surface area contributed by atoms with E-state index in [0.29, 0.717) is 31.8 Å². The zero-order valence-corrected chi connectivity index (χ0v) is 15.8. The molecule has 2 aromatic carbocycles. The molecule has 2 N–H and O–H groups in total. The maximum Gasteiger partial charge on any atom is 0.271 e. The minimum absolute atomic E-state index is 0.177. The van der Waals surface area contributed by atoms with Crippen molar-refractivity contribution in [1.29, 1.82) is 0 Å². The molecule has 1 heterocycles. The largest absolute Gasteiger partial charge is 0.482 e. The predicted molar refractivity (Wildman–Crippen MR) is 106 cm³/mol. The van der Waals surface area contributed by atoms with Crippen LogP contribution in [0.15, 0.2) is 48.5 Å². The van der Waals surface area contributed by atoms with E-state index in [9.17, 15) is 19.7 Å². The Balaban J connectivity index is 1.82. The SMILES string of the molecule is NCCCN(Cc1ccccc1)C(=O)CN1C(=O)COc2ccc([N+](=O)[O-])cc21. The van der Waals surface area contributed by atoms with Crippen molar-refractivity contribution in [3.8, 4) is 5.75 Å². The van der Waals surface area contributed by atoms with Crippen LogP contribution >= 0.6 is 0 Å². The average Bonchev–Trinajstić information content (AvgIpc) is 2.73. The van der Waals surface area contributed by atoms with Gasteiger partial charge in [-0.2, -0.15) is 0 Å². The lowest BCUT2D eigenvalue weighted by Crippen LogP contribution is -2.46. The molecule has 0 radical (unpaired) electrons. The van der Waals surface area contributed by atoms with Gasteiger partial charge < -0.3 is 15.4 Å². The number of nitrogens with zero attached hydrogens (tertiary/aromatic N) is 3. The van der Waals surface area contributed by atoms with Gasteiger partial charge in [-0.15, -0.1) is 0 Å². The van der Waals surface area contributed by atoms with Gasteiger partial charge in [0.05, 0.1) is 10.6 Å². The minimum atomic E-state index is -0.553. The molecule has 0 atom stereocenters. The number of nitro groups is 1. The predicted octanol–water partition coefficient (Wildman–Crippen LogP) is 1.70. The lowest BCUT2D eigenvalue weighted by Gasteiger charge is -2.31. The summed E-state index contributed by atoms with van der Waals surface area (Å²) in [5.74, 6) is -0.362. The van der Waals surface area contributed by atoms with Crippen molar-refractivity contribution in [2.75, 3.05) is 31.1 Å². The Bertz CT molecular complexity index is 903. The van der Waals surface area contributed by atoms with Gasteiger partial charge in [-0.05, 0) is 24.6 Å². The number of hydrogen-bond donors (Lipinski definition) is 1. The molecule has 0 saturated heterocycles. The average molecular weight is 398 g/mol. The van der Waals surface area contributed by atoms with Gasteiger partial charge >= 0.3 is 0 Å². The van der Waals surface area contributed by atoms with Crippen molar-refractivity contribution in [1.82, 2.24) is 4.90 Å². The van der Waals surface area contributed by atoms with E-state index in [1.54, 1.807) is 4.90 Å². The first-order chi connectivity index (χ1) is 14.0. The van der Waals surface area contributed by atoms with Crippen LogP contribution in [0.4, 0.5) is 11.4 Å². The minimum Gasteiger partial charge on any atom is -0.482 e. The molecule has 2 amide bonds. The molecule has 3 rings (SSSR count). The second kappa shape index (κ2) is 9.16. The third kappa shape index (κ3) is 4.88. The molecule has 0 unspecified atom stereocenters. The van der Waals surface area contributed by atoms with Crippen molar-refractivity contribution in [2.45, 2.75) is 13.0 Å². The van der Waals surface area contributed by atoms with Crippen LogP contribution in [0.2, 0.25) is 0 Å². The van der Waals surface area contributed by atoms with Crippen molar-refractivity contribution in [2.24, 2.45) is 5.73 Å². The molecule has 9 nitrogen and oxygen atoms in total. The highest BCUT2D eigenvalue weighted by Crippen LogP contribution is 2.35. The number of non-ortho nitro benzene ring substituents is 1. The molecule has 152 valence electrons. The van der Waals surface area contributed by atoms with Crippen molar-refractivity contribution in [3.63, 3.8) is 0 Å². The third-order valence-corrected chi connectivity index (χ3v) is 4.59. The number of rotatable bonds is 8. The molecule has 0 spiro atoms. The summed E-state index contributed by atoms with van der Waals surface area (Å²) >= 11 is 0. The standard InChI is InChI=1S/C20H22N4O5/c21-9-4-10-22(12-15-5-2-1-3-6-15)19(25)13-23-17-11-16(24(27)28)7-8-18(17)29-14-20(23)26/h1-3,5-8,11H,4,9-10,12-14,21H2. The second-order valence-corrected chi connectivity index (χ2v) is 6.62. The van der Waals surface area contributed by atoms with E-state index in [4.69, 9.17) is 10.5 Å². The maximum absolute atomic E-state index is 13.0. The summed E-state index contributed by atoms with van der Waals surface area (Å²) < 4.78 is 5.35. The molecule has 9 heteroatoms. The summed E-state index contributed by atoms with van der Waals surface area (Å²) in [6.45, 7) is 0.821. The topological polar surface area (TPSA) is 119 Å². The Kier molecular flexibility index (Phi) is 6.40. The molecular weight excluding hydrogens is 376 g/mol. The number of anilines is 1. The summed E-state index contributed by atoms with van der Waals surface area (Å²) in [6, 6.07) is 13.5. The lowest BCUT2D eigenvalue weighted by molar-refractivity contribution is -0.384. The molecule has 1 aliphatic rings. The Morgan fingerprint density at radius 3 is 2.69 bits per heavy atom. The Morgan fingerprint density at radius 2 is 2.00 bits per heavy atom. The normalized spacial score (nSPS) is 12.9. The van der Waals surface area contributed by atoms with Gasteiger partial charge in [-0.3, -0.25) is 24.6 Å². The monoisotopic (exact) mass is 398 g/mol. The number of fused-ring (bicyclic) bond motifs is 1. The molecule has 0 bridgehead atoms. The summed E-state index contributed by atoms with van der Waals surface area (Å²) in [6.07, 6.45) is 0.623. The van der Waals surface area contributed by atoms with Crippen molar-refractivity contribution in [3.05, 3.63) is 64.2 Å². The van der Waals surface area contributed by atoms with E-state index < -0.39 is 10.8 Å². The summed E-state index contributed by atoms with van der Waals surface area (Å²) in [5, 5.41) is 11.1. The highest BCUT2D eigenvalue weighted by molar-refractivity contribution is 6.02. The summed E-state index contributed by atoms with van der Waals surface area (Å²) in [7, 11) is 0. The van der Waals surface area contributed by atoms with Gasteiger partial charge in [0.2, 0.25) is 5.91 Å². The zero-order chi connectivity index (χ0) is 20.8. The van der Waals surface area contributed by atoms with Gasteiger partial charge in [-0.25, -0.2) is 0 Å². The van der Waals surface area contributed by atoms with Gasteiger partial charge in [0.1, 0.15) is 12.3 Å². The summed E-state index contributed by atoms with van der Waals surface area (Å²) in [4.78, 5) is 38.9. The smallest absolute Gasteiger partial charge is 0.271 e. The number of carbonyl (C=O) groups excluding carboxylic acids is 2. The van der Waals surface area contributed by atoms with E-state index in [-0.39, 0.29) is 30.4 Å². The van der Waals surface area contributed by atoms with Crippen LogP contribution in [-0.4, -0.2) is 47.9 Å². The summed E-state index contributed by atoms with van der Waals surface area (Å²) in [5.41, 5.74) is 6.61. The van der Waals surface area contributed by atoms with E-state index in [2.05, 4.69) is 0 Å². The van der Waals surface area contributed by atoms with E-state index in [1.807, 2.05) is 30.3 Å². The van der Waals surface area contributed by atoms with Crippen LogP contribution in [0.3, 0.4) is 0 Å². The quantitative estimate of drug-likeness (QED) is 0.534. The number of ether oxygens (including phenoxy) is 1. The number of carbonyl (C=O) groups is 2. The van der Waals surface area contributed by atoms with Crippen LogP contribution in [0.25, 0.3) is 0 Å². The fourth-order valence-electron chi connectivity index (χ4n) is 3.09. The molecule has 0 aromatic heterocycles. The fourth-order valence-corrected chi connectivity index (χ4v) is 3.09. The molecule has 2 aromatic rings. The lowest BCUT2D eigenvalue weighted by atomic mass is 10.2. The molecule has 0 saturated carbocycles. The second-order valence-electron chi connectivity index (χ2n) is 6.62. The Morgan fingerprint density at radius 1 is 1.24 bits per heavy atom. The van der Waals surface area contributed by atoms with Crippen LogP contribution in [0.1, 0.15) is 12.0 Å². The first kappa shape index (κ1) is 20.3. The van der Waals surface area contributed by atoms with Crippen molar-refractivity contribution < 1.29 is 19.2 Å². The van der Waals surface area contributed by atoms with Crippen LogP contribution < -0.4 is 15.4 Å². The van der Waals surface area contributed by atoms with Crippen LogP contribution in [-0.2, 0) is 16.1 Å². The van der Waals surface area contributed by atoms with Gasteiger partial charge in [-0.1, -0.05) is 30.3 Å². The highest BCUT2D eigenvalue weighted by Gasteiger charge is 2.30. The number of hydrogen-bond acceptors (Lipinski definition) is 6. The Labute approximate surface area is 167 Å². The van der Waals surface area contributed by atoms with Crippen molar-refractivity contribution >= 4 is 23.2 Å². The molecular formula is C20H22N4O5. The first-order valence-electron chi connectivity index (χ1n) is 9.23. The van der Waals surface area contributed by atoms with E-state index in [1.165, 1.54) is 23.1 Å². The molecule has 0 fully saturated rings. The Hall–Kier alpha value is -3.46. The number of nitrogens with two attached hydrogens (primary N) is 1. The maximum atomic E-state index is 13.0. The van der Waals surface area contributed by atoms with E-state index >= 15 is 0 Å². The number of amides is 2. The van der Waals surface area contributed by atoms with Crippen LogP contribution in [0.5, 0.6) is 5.75 Å². The number of benzene rings is 2. The molecule has 1 aliphatic heterocycles. The van der Waals surface area contributed by atoms with Gasteiger partial charge in [0.15, 0.2) is 6.61 Å². The highest BCUT2D eigenvalue weighted by atomic mass is 16.6. The first-order valence-corrected chi connectivity index (χ1v) is 9.23. The number of nitro benzene ring substituents is 1. The van der Waals surface area contributed by atoms with E-state index in [0.717, 1.165) is 5.56 Å². The third-order valence-electron chi connectivity index (χ3n) is 4.59. The van der Waals surface area contributed by atoms with Gasteiger partial charge in [0, 0.05) is 25.2 Å². The molecule has 0 aliphatic carbocycles. The van der Waals surface area contributed by atoms with Crippen LogP contribution in [0, 0.1) is 10.1 Å². The molecule has 29 heavy (non-hydrogen) atoms.